The van der Waals surface area contributed by atoms with E-state index < -0.39 is 9.84 Å². The maximum absolute atomic E-state index is 11.7. The van der Waals surface area contributed by atoms with E-state index in [1.807, 2.05) is 0 Å². The van der Waals surface area contributed by atoms with Crippen molar-refractivity contribution in [1.29, 1.82) is 0 Å². The van der Waals surface area contributed by atoms with Crippen molar-refractivity contribution in [3.05, 3.63) is 24.3 Å². The molecule has 6 nitrogen and oxygen atoms in total. The van der Waals surface area contributed by atoms with Gasteiger partial charge in [0.05, 0.1) is 11.5 Å². The van der Waals surface area contributed by atoms with E-state index in [9.17, 15) is 13.2 Å². The zero-order chi connectivity index (χ0) is 16.9. The summed E-state index contributed by atoms with van der Waals surface area (Å²) in [5.74, 6) is 1.15. The largest absolute Gasteiger partial charge is 0.494 e. The van der Waals surface area contributed by atoms with Crippen molar-refractivity contribution >= 4 is 15.7 Å². The summed E-state index contributed by atoms with van der Waals surface area (Å²) in [7, 11) is -3.19. The van der Waals surface area contributed by atoms with Gasteiger partial charge in [0.2, 0.25) is 5.91 Å². The van der Waals surface area contributed by atoms with E-state index in [2.05, 4.69) is 5.32 Å². The molecule has 7 heteroatoms. The van der Waals surface area contributed by atoms with Crippen molar-refractivity contribution in [3.63, 3.8) is 0 Å². The Bertz CT molecular complexity index is 624. The van der Waals surface area contributed by atoms with E-state index in [0.29, 0.717) is 37.7 Å². The highest BCUT2D eigenvalue weighted by atomic mass is 32.2. The van der Waals surface area contributed by atoms with E-state index in [1.165, 1.54) is 25.0 Å². The number of benzene rings is 1. The summed E-state index contributed by atoms with van der Waals surface area (Å²) in [6.07, 6.45) is 4.49. The molecule has 0 aliphatic heterocycles. The molecule has 2 rings (SSSR count). The fourth-order valence-corrected chi connectivity index (χ4v) is 2.85. The first kappa shape index (κ1) is 17.7. The zero-order valence-corrected chi connectivity index (χ0v) is 14.1. The van der Waals surface area contributed by atoms with Gasteiger partial charge in [-0.05, 0) is 49.4 Å². The van der Waals surface area contributed by atoms with Gasteiger partial charge >= 0.3 is 0 Å². The summed E-state index contributed by atoms with van der Waals surface area (Å²) < 4.78 is 28.2. The molecule has 128 valence electrons. The van der Waals surface area contributed by atoms with Gasteiger partial charge in [0, 0.05) is 25.3 Å². The fourth-order valence-electron chi connectivity index (χ4n) is 2.22. The normalized spacial score (nSPS) is 15.9. The van der Waals surface area contributed by atoms with Crippen LogP contribution >= 0.6 is 0 Å². The highest BCUT2D eigenvalue weighted by Crippen LogP contribution is 2.31. The van der Waals surface area contributed by atoms with Crippen LogP contribution in [0.4, 0.5) is 0 Å². The number of carbonyl (C=O) groups is 1. The molecule has 0 heterocycles. The molecular weight excluding hydrogens is 316 g/mol. The third-order valence-corrected chi connectivity index (χ3v) is 4.96. The van der Waals surface area contributed by atoms with E-state index >= 15 is 0 Å². The van der Waals surface area contributed by atoms with Crippen LogP contribution < -0.4 is 15.8 Å². The molecule has 0 spiro atoms. The van der Waals surface area contributed by atoms with Crippen molar-refractivity contribution in [1.82, 2.24) is 5.32 Å². The smallest absolute Gasteiger partial charge is 0.220 e. The van der Waals surface area contributed by atoms with Gasteiger partial charge in [0.15, 0.2) is 9.84 Å². The predicted octanol–water partition coefficient (Wildman–Crippen LogP) is 1.10. The molecule has 1 unspecified atom stereocenters. The molecule has 0 radical (unpaired) electrons. The van der Waals surface area contributed by atoms with Crippen molar-refractivity contribution in [3.8, 4) is 5.75 Å². The number of hydrogen-bond donors (Lipinski definition) is 2. The van der Waals surface area contributed by atoms with Crippen LogP contribution in [0.5, 0.6) is 5.75 Å². The number of rotatable bonds is 9. The van der Waals surface area contributed by atoms with Gasteiger partial charge in [-0.15, -0.1) is 0 Å². The van der Waals surface area contributed by atoms with Gasteiger partial charge in [-0.3, -0.25) is 4.79 Å². The molecule has 1 aromatic carbocycles. The Hall–Kier alpha value is -1.60. The molecule has 1 fully saturated rings. The molecule has 1 saturated carbocycles. The van der Waals surface area contributed by atoms with Crippen LogP contribution in [0.1, 0.15) is 25.7 Å². The van der Waals surface area contributed by atoms with E-state index in [4.69, 9.17) is 10.5 Å². The third kappa shape index (κ3) is 6.19. The quantitative estimate of drug-likeness (QED) is 0.656. The van der Waals surface area contributed by atoms with Crippen LogP contribution in [-0.2, 0) is 14.6 Å². The number of sulfone groups is 1. The lowest BCUT2D eigenvalue weighted by molar-refractivity contribution is -0.121. The number of carbonyl (C=O) groups excluding carboxylic acids is 1. The fraction of sp³-hybridized carbons (Fsp3) is 0.562. The number of hydrogen-bond acceptors (Lipinski definition) is 5. The van der Waals surface area contributed by atoms with Gasteiger partial charge in [-0.1, -0.05) is 0 Å². The standard InChI is InChI=1S/C16H24N2O4S/c1-23(20,21)14-8-6-13(7-9-14)22-10-2-3-16(19)18-11-15(17)12-4-5-12/h6-9,12,15H,2-5,10-11,17H2,1H3,(H,18,19). The number of ether oxygens (including phenoxy) is 1. The third-order valence-electron chi connectivity index (χ3n) is 3.83. The maximum atomic E-state index is 11.7. The Morgan fingerprint density at radius 1 is 1.35 bits per heavy atom. The Morgan fingerprint density at radius 2 is 2.00 bits per heavy atom. The van der Waals surface area contributed by atoms with Crippen LogP contribution in [0.2, 0.25) is 0 Å². The SMILES string of the molecule is CS(=O)(=O)c1ccc(OCCCC(=O)NCC(N)C2CC2)cc1. The molecular formula is C16H24N2O4S. The summed E-state index contributed by atoms with van der Waals surface area (Å²) in [5.41, 5.74) is 5.92. The lowest BCUT2D eigenvalue weighted by atomic mass is 10.2. The van der Waals surface area contributed by atoms with Crippen molar-refractivity contribution in [2.24, 2.45) is 11.7 Å². The summed E-state index contributed by atoms with van der Waals surface area (Å²) in [6, 6.07) is 6.33. The second kappa shape index (κ2) is 7.79. The van der Waals surface area contributed by atoms with Crippen LogP contribution in [0, 0.1) is 5.92 Å². The first-order chi connectivity index (χ1) is 10.9. The second-order valence-corrected chi connectivity index (χ2v) is 8.02. The molecule has 1 aliphatic rings. The van der Waals surface area contributed by atoms with Crippen LogP contribution in [0.15, 0.2) is 29.2 Å². The topological polar surface area (TPSA) is 98.5 Å². The molecule has 1 amide bonds. The molecule has 0 bridgehead atoms. The van der Waals surface area contributed by atoms with Crippen LogP contribution in [0.25, 0.3) is 0 Å². The molecule has 0 saturated heterocycles. The first-order valence-corrected chi connectivity index (χ1v) is 9.70. The summed E-state index contributed by atoms with van der Waals surface area (Å²) in [6.45, 7) is 0.942. The lowest BCUT2D eigenvalue weighted by Crippen LogP contribution is -2.38. The minimum Gasteiger partial charge on any atom is -0.494 e. The van der Waals surface area contributed by atoms with Crippen LogP contribution in [0.3, 0.4) is 0 Å². The van der Waals surface area contributed by atoms with Crippen molar-refractivity contribution in [2.45, 2.75) is 36.6 Å². The zero-order valence-electron chi connectivity index (χ0n) is 13.3. The van der Waals surface area contributed by atoms with Crippen molar-refractivity contribution in [2.75, 3.05) is 19.4 Å². The summed E-state index contributed by atoms with van der Waals surface area (Å²) >= 11 is 0. The minimum atomic E-state index is -3.19. The average Bonchev–Trinajstić information content (AvgIpc) is 3.33. The number of amides is 1. The number of nitrogens with one attached hydrogen (secondary N) is 1. The molecule has 0 aromatic heterocycles. The minimum absolute atomic E-state index is 0.0166. The van der Waals surface area contributed by atoms with Gasteiger partial charge in [-0.25, -0.2) is 8.42 Å². The highest BCUT2D eigenvalue weighted by molar-refractivity contribution is 7.90. The Morgan fingerprint density at radius 3 is 2.57 bits per heavy atom. The molecule has 3 N–H and O–H groups in total. The Labute approximate surface area is 137 Å². The summed E-state index contributed by atoms with van der Waals surface area (Å²) in [5, 5.41) is 2.84. The van der Waals surface area contributed by atoms with E-state index in [1.54, 1.807) is 12.1 Å². The predicted molar refractivity (Wildman–Crippen MR) is 88.0 cm³/mol. The van der Waals surface area contributed by atoms with Gasteiger partial charge in [0.1, 0.15) is 5.75 Å². The molecule has 1 atom stereocenters. The van der Waals surface area contributed by atoms with Crippen LogP contribution in [-0.4, -0.2) is 39.8 Å². The van der Waals surface area contributed by atoms with E-state index in [-0.39, 0.29) is 16.8 Å². The first-order valence-electron chi connectivity index (χ1n) is 7.81. The molecule has 1 aromatic rings. The second-order valence-electron chi connectivity index (χ2n) is 6.00. The van der Waals surface area contributed by atoms with E-state index in [0.717, 1.165) is 6.26 Å². The molecule has 1 aliphatic carbocycles. The maximum Gasteiger partial charge on any atom is 0.220 e. The average molecular weight is 340 g/mol. The Balaban J connectivity index is 1.62. The number of nitrogens with two attached hydrogens (primary N) is 1. The van der Waals surface area contributed by atoms with Gasteiger partial charge < -0.3 is 15.8 Å². The Kier molecular flexibility index (Phi) is 6.01. The lowest BCUT2D eigenvalue weighted by Gasteiger charge is -2.11. The summed E-state index contributed by atoms with van der Waals surface area (Å²) in [4.78, 5) is 11.9. The monoisotopic (exact) mass is 340 g/mol. The molecule has 23 heavy (non-hydrogen) atoms. The highest BCUT2D eigenvalue weighted by Gasteiger charge is 2.28. The van der Waals surface area contributed by atoms with Crippen molar-refractivity contribution < 1.29 is 17.9 Å². The van der Waals surface area contributed by atoms with Gasteiger partial charge in [-0.2, -0.15) is 0 Å². The van der Waals surface area contributed by atoms with Gasteiger partial charge in [0.25, 0.3) is 0 Å².